The number of anilines is 3. The molecule has 3 heteroatoms. The van der Waals surface area contributed by atoms with Crippen LogP contribution in [0.1, 0.15) is 11.0 Å². The lowest BCUT2D eigenvalue weighted by Gasteiger charge is -2.26. The summed E-state index contributed by atoms with van der Waals surface area (Å²) in [6, 6.07) is 48.2. The number of nitrogens with zero attached hydrogens (tertiary/aromatic N) is 1. The van der Waals surface area contributed by atoms with E-state index in [9.17, 15) is 11.0 Å². The number of rotatable bonds is 6. The molecule has 0 atom stereocenters. The Hall–Kier alpha value is -7.88. The quantitative estimate of drug-likeness (QED) is 0.169. The van der Waals surface area contributed by atoms with Gasteiger partial charge in [-0.15, -0.1) is 0 Å². The van der Waals surface area contributed by atoms with Crippen LogP contribution >= 0.6 is 0 Å². The standard InChI is InChI=1S/C56H35NO2/c1-3-15-45-38(10-1)12-8-18-46(45)42-14-7-13-40(34-42)36-22-28-43(29-23-36)57(51-19-9-21-54-55(51)49-32-26-39-11-2-4-16-47(39)56(49)59-54)44-30-24-37(25-31-44)41-27-33-53-50(35-41)48-17-5-6-20-52(48)58-53/h1-35H/i22D,23D,24D,25D,28D,29D,30D,31D. The Labute approximate surface area is 351 Å². The molecular weight excluding hydrogens is 719 g/mol. The molecule has 0 bridgehead atoms. The van der Waals surface area contributed by atoms with Gasteiger partial charge in [-0.1, -0.05) is 145 Å². The first-order valence-corrected chi connectivity index (χ1v) is 19.4. The van der Waals surface area contributed by atoms with Crippen LogP contribution in [0.15, 0.2) is 221 Å². The van der Waals surface area contributed by atoms with Crippen LogP contribution in [0.25, 0.3) is 98.8 Å². The van der Waals surface area contributed by atoms with Gasteiger partial charge in [-0.3, -0.25) is 0 Å². The number of hydrogen-bond donors (Lipinski definition) is 0. The maximum Gasteiger partial charge on any atom is 0.143 e. The lowest BCUT2D eigenvalue weighted by molar-refractivity contribution is 0.669. The molecule has 276 valence electrons. The molecule has 59 heavy (non-hydrogen) atoms. The summed E-state index contributed by atoms with van der Waals surface area (Å²) in [5, 5.41) is 6.70. The van der Waals surface area contributed by atoms with Crippen molar-refractivity contribution in [2.75, 3.05) is 4.90 Å². The molecule has 10 aromatic carbocycles. The van der Waals surface area contributed by atoms with Crippen molar-refractivity contribution in [2.45, 2.75) is 0 Å². The van der Waals surface area contributed by atoms with Crippen LogP contribution in [0.5, 0.6) is 0 Å². The Balaban J connectivity index is 1.11. The van der Waals surface area contributed by atoms with Crippen LogP contribution in [0.3, 0.4) is 0 Å². The highest BCUT2D eigenvalue weighted by Gasteiger charge is 2.21. The summed E-state index contributed by atoms with van der Waals surface area (Å²) < 4.78 is 90.1. The van der Waals surface area contributed by atoms with Crippen LogP contribution < -0.4 is 4.90 Å². The number of hydrogen-bond acceptors (Lipinski definition) is 3. The number of benzene rings is 10. The summed E-state index contributed by atoms with van der Waals surface area (Å²) in [6.45, 7) is 0. The van der Waals surface area contributed by atoms with Crippen molar-refractivity contribution in [3.8, 4) is 33.4 Å². The van der Waals surface area contributed by atoms with E-state index in [1.807, 2.05) is 127 Å². The fourth-order valence-electron chi connectivity index (χ4n) is 8.40. The molecule has 0 saturated heterocycles. The Morgan fingerprint density at radius 1 is 0.356 bits per heavy atom. The lowest BCUT2D eigenvalue weighted by Crippen LogP contribution is -2.10. The van der Waals surface area contributed by atoms with E-state index in [-0.39, 0.29) is 52.4 Å². The smallest absolute Gasteiger partial charge is 0.143 e. The van der Waals surface area contributed by atoms with Crippen LogP contribution in [-0.2, 0) is 0 Å². The second kappa shape index (κ2) is 13.4. The van der Waals surface area contributed by atoms with Crippen LogP contribution in [-0.4, -0.2) is 0 Å². The van der Waals surface area contributed by atoms with Crippen molar-refractivity contribution in [1.29, 1.82) is 0 Å². The summed E-state index contributed by atoms with van der Waals surface area (Å²) >= 11 is 0. The summed E-state index contributed by atoms with van der Waals surface area (Å²) in [6.07, 6.45) is 0. The second-order valence-corrected chi connectivity index (χ2v) is 14.6. The van der Waals surface area contributed by atoms with Crippen LogP contribution in [0, 0.1) is 0 Å². The Kier molecular flexibility index (Phi) is 5.92. The maximum atomic E-state index is 9.79. The normalized spacial score (nSPS) is 13.6. The van der Waals surface area contributed by atoms with Crippen LogP contribution in [0.4, 0.5) is 17.1 Å². The minimum atomic E-state index is -0.438. The number of para-hydroxylation sites is 1. The van der Waals surface area contributed by atoms with E-state index in [0.29, 0.717) is 44.2 Å². The Morgan fingerprint density at radius 3 is 1.75 bits per heavy atom. The van der Waals surface area contributed by atoms with Crippen molar-refractivity contribution in [3.63, 3.8) is 0 Å². The van der Waals surface area contributed by atoms with E-state index >= 15 is 0 Å². The van der Waals surface area contributed by atoms with Gasteiger partial charge in [-0.25, -0.2) is 0 Å². The first-order chi connectivity index (χ1) is 32.6. The van der Waals surface area contributed by atoms with Gasteiger partial charge >= 0.3 is 0 Å². The molecule has 0 aliphatic rings. The highest BCUT2D eigenvalue weighted by Crippen LogP contribution is 2.45. The minimum absolute atomic E-state index is 0.0605. The van der Waals surface area contributed by atoms with E-state index in [4.69, 9.17) is 8.83 Å². The minimum Gasteiger partial charge on any atom is -0.456 e. The van der Waals surface area contributed by atoms with E-state index in [1.54, 1.807) is 36.4 Å². The molecule has 12 rings (SSSR count). The van der Waals surface area contributed by atoms with Crippen molar-refractivity contribution in [3.05, 3.63) is 212 Å². The first-order valence-electron chi connectivity index (χ1n) is 23.4. The van der Waals surface area contributed by atoms with Gasteiger partial charge in [-0.05, 0) is 116 Å². The lowest BCUT2D eigenvalue weighted by atomic mass is 9.95. The summed E-state index contributed by atoms with van der Waals surface area (Å²) in [4.78, 5) is 1.36. The molecule has 2 aromatic heterocycles. The Morgan fingerprint density at radius 2 is 0.949 bits per heavy atom. The zero-order valence-electron chi connectivity index (χ0n) is 39.4. The summed E-state index contributed by atoms with van der Waals surface area (Å²) in [7, 11) is 0. The monoisotopic (exact) mass is 761 g/mol. The third-order valence-electron chi connectivity index (χ3n) is 11.2. The second-order valence-electron chi connectivity index (χ2n) is 14.6. The van der Waals surface area contributed by atoms with E-state index < -0.39 is 24.2 Å². The summed E-state index contributed by atoms with van der Waals surface area (Å²) in [5.74, 6) is 0. The van der Waals surface area contributed by atoms with Gasteiger partial charge in [-0.2, -0.15) is 0 Å². The van der Waals surface area contributed by atoms with Gasteiger partial charge < -0.3 is 13.7 Å². The highest BCUT2D eigenvalue weighted by atomic mass is 16.3. The zero-order chi connectivity index (χ0) is 45.8. The largest absolute Gasteiger partial charge is 0.456 e. The zero-order valence-corrected chi connectivity index (χ0v) is 31.4. The highest BCUT2D eigenvalue weighted by molar-refractivity contribution is 6.19. The molecule has 2 heterocycles. The van der Waals surface area contributed by atoms with Gasteiger partial charge in [0, 0.05) is 32.9 Å². The van der Waals surface area contributed by atoms with Gasteiger partial charge in [0.15, 0.2) is 0 Å². The number of fused-ring (bicyclic) bond motifs is 9. The third kappa shape index (κ3) is 5.51. The third-order valence-corrected chi connectivity index (χ3v) is 11.2. The average Bonchev–Trinajstić information content (AvgIpc) is 3.94. The van der Waals surface area contributed by atoms with E-state index in [2.05, 4.69) is 0 Å². The van der Waals surface area contributed by atoms with Crippen molar-refractivity contribution in [2.24, 2.45) is 0 Å². The molecule has 0 radical (unpaired) electrons. The molecule has 0 unspecified atom stereocenters. The van der Waals surface area contributed by atoms with Gasteiger partial charge in [0.25, 0.3) is 0 Å². The SMILES string of the molecule is [2H]c1c([2H])c(N(c2c([2H])c([2H])c(-c3ccc4oc5ccccc5c4c3)c([2H])c2[2H])c2cccc3oc4c5ccccc5ccc4c23)c([2H])c([2H])c1-c1cccc(-c2cccc3ccccc23)c1. The number of furan rings is 2. The van der Waals surface area contributed by atoms with Crippen molar-refractivity contribution in [1.82, 2.24) is 0 Å². The average molecular weight is 762 g/mol. The van der Waals surface area contributed by atoms with Gasteiger partial charge in [0.05, 0.1) is 22.0 Å². The molecule has 0 N–H and O–H groups in total. The van der Waals surface area contributed by atoms with E-state index in [1.165, 1.54) is 4.90 Å². The van der Waals surface area contributed by atoms with Crippen molar-refractivity contribution >= 4 is 82.5 Å². The van der Waals surface area contributed by atoms with Crippen LogP contribution in [0.2, 0.25) is 0 Å². The Bertz CT molecular complexity index is 4000. The summed E-state index contributed by atoms with van der Waals surface area (Å²) in [5.41, 5.74) is 4.98. The predicted molar refractivity (Wildman–Crippen MR) is 247 cm³/mol. The molecule has 0 amide bonds. The first kappa shape index (κ1) is 26.1. The van der Waals surface area contributed by atoms with Crippen molar-refractivity contribution < 1.29 is 19.8 Å². The fraction of sp³-hybridized carbons (Fsp3) is 0. The molecule has 0 aliphatic carbocycles. The fourth-order valence-corrected chi connectivity index (χ4v) is 8.40. The molecule has 0 aliphatic heterocycles. The molecule has 0 spiro atoms. The maximum absolute atomic E-state index is 9.79. The molecular formula is C56H35NO2. The van der Waals surface area contributed by atoms with E-state index in [0.717, 1.165) is 43.4 Å². The van der Waals surface area contributed by atoms with Gasteiger partial charge in [0.1, 0.15) is 22.3 Å². The van der Waals surface area contributed by atoms with Gasteiger partial charge in [0.2, 0.25) is 0 Å². The molecule has 0 fully saturated rings. The molecule has 3 nitrogen and oxygen atoms in total. The predicted octanol–water partition coefficient (Wildman–Crippen LogP) is 16.3. The molecule has 12 aromatic rings. The topological polar surface area (TPSA) is 29.5 Å². The molecule has 0 saturated carbocycles.